The average molecular weight is 455 g/mol. The number of nitrogens with one attached hydrogen (secondary N) is 2. The predicted molar refractivity (Wildman–Crippen MR) is 121 cm³/mol. The topological polar surface area (TPSA) is 83.1 Å². The number of carbonyl (C=O) groups excluding carboxylic acids is 2. The lowest BCUT2D eigenvalue weighted by atomic mass is 9.94. The number of esters is 1. The van der Waals surface area contributed by atoms with Crippen molar-refractivity contribution in [1.29, 1.82) is 0 Å². The molecule has 174 valence electrons. The molecular formula is C24H27FN4O4. The van der Waals surface area contributed by atoms with Gasteiger partial charge in [-0.05, 0) is 29.8 Å². The van der Waals surface area contributed by atoms with Crippen LogP contribution < -0.4 is 20.3 Å². The first-order valence-electron chi connectivity index (χ1n) is 10.7. The molecule has 4 rings (SSSR count). The summed E-state index contributed by atoms with van der Waals surface area (Å²) in [5.41, 5.74) is 2.14. The van der Waals surface area contributed by atoms with Gasteiger partial charge in [0.1, 0.15) is 11.6 Å². The molecule has 9 heteroatoms. The minimum atomic E-state index is -0.670. The van der Waals surface area contributed by atoms with Gasteiger partial charge in [0, 0.05) is 38.4 Å². The number of halogens is 1. The van der Waals surface area contributed by atoms with Crippen molar-refractivity contribution in [3.63, 3.8) is 0 Å². The van der Waals surface area contributed by atoms with Gasteiger partial charge < -0.3 is 25.0 Å². The number of urea groups is 1. The van der Waals surface area contributed by atoms with Crippen molar-refractivity contribution in [3.05, 3.63) is 71.2 Å². The molecule has 0 saturated carbocycles. The van der Waals surface area contributed by atoms with E-state index in [-0.39, 0.29) is 5.82 Å². The number of rotatable bonds is 6. The van der Waals surface area contributed by atoms with Gasteiger partial charge in [-0.25, -0.2) is 14.0 Å². The van der Waals surface area contributed by atoms with Crippen LogP contribution in [0.4, 0.5) is 14.9 Å². The highest BCUT2D eigenvalue weighted by atomic mass is 19.1. The monoisotopic (exact) mass is 454 g/mol. The first-order chi connectivity index (χ1) is 16.0. The number of benzene rings is 2. The summed E-state index contributed by atoms with van der Waals surface area (Å²) in [6.45, 7) is 2.93. The van der Waals surface area contributed by atoms with Gasteiger partial charge in [-0.3, -0.25) is 4.90 Å². The fourth-order valence-electron chi connectivity index (χ4n) is 4.24. The smallest absolute Gasteiger partial charge is 0.338 e. The van der Waals surface area contributed by atoms with Crippen LogP contribution in [0, 0.1) is 5.82 Å². The molecule has 0 aliphatic carbocycles. The molecule has 2 aromatic rings. The molecule has 2 aromatic carbocycles. The van der Waals surface area contributed by atoms with E-state index in [0.29, 0.717) is 61.0 Å². The number of para-hydroxylation sites is 1. The van der Waals surface area contributed by atoms with Gasteiger partial charge in [-0.2, -0.15) is 0 Å². The summed E-state index contributed by atoms with van der Waals surface area (Å²) >= 11 is 0. The second-order valence-corrected chi connectivity index (χ2v) is 7.91. The molecule has 0 bridgehead atoms. The van der Waals surface area contributed by atoms with Crippen molar-refractivity contribution >= 4 is 17.7 Å². The zero-order valence-corrected chi connectivity index (χ0v) is 18.6. The van der Waals surface area contributed by atoms with Crippen LogP contribution in [0.2, 0.25) is 0 Å². The highest BCUT2D eigenvalue weighted by molar-refractivity contribution is 5.95. The zero-order chi connectivity index (χ0) is 23.4. The van der Waals surface area contributed by atoms with Crippen LogP contribution in [-0.4, -0.2) is 63.8 Å². The number of methoxy groups -OCH3 is 2. The SMILES string of the molecule is COC(=O)C1=C(CN2CCN(c3ccccc3F)CC2)NC(=O)N[C@@H]1c1cccc(OC)c1. The summed E-state index contributed by atoms with van der Waals surface area (Å²) < 4.78 is 24.5. The van der Waals surface area contributed by atoms with Crippen LogP contribution >= 0.6 is 0 Å². The fourth-order valence-corrected chi connectivity index (χ4v) is 4.24. The number of anilines is 1. The van der Waals surface area contributed by atoms with E-state index >= 15 is 0 Å². The van der Waals surface area contributed by atoms with Gasteiger partial charge >= 0.3 is 12.0 Å². The molecule has 0 spiro atoms. The molecule has 2 N–H and O–H groups in total. The minimum Gasteiger partial charge on any atom is -0.497 e. The van der Waals surface area contributed by atoms with Crippen molar-refractivity contribution in [1.82, 2.24) is 15.5 Å². The van der Waals surface area contributed by atoms with Crippen molar-refractivity contribution in [2.75, 3.05) is 51.8 Å². The molecular weight excluding hydrogens is 427 g/mol. The predicted octanol–water partition coefficient (Wildman–Crippen LogP) is 2.44. The minimum absolute atomic E-state index is 0.242. The molecule has 1 fully saturated rings. The van der Waals surface area contributed by atoms with Crippen LogP contribution in [0.15, 0.2) is 59.8 Å². The summed E-state index contributed by atoms with van der Waals surface area (Å²) in [5.74, 6) is -0.140. The van der Waals surface area contributed by atoms with Gasteiger partial charge in [-0.1, -0.05) is 24.3 Å². The van der Waals surface area contributed by atoms with Crippen molar-refractivity contribution in [2.24, 2.45) is 0 Å². The number of hydrogen-bond donors (Lipinski definition) is 2. The average Bonchev–Trinajstić information content (AvgIpc) is 2.84. The maximum atomic E-state index is 14.1. The van der Waals surface area contributed by atoms with Crippen LogP contribution in [0.1, 0.15) is 11.6 Å². The lowest BCUT2D eigenvalue weighted by Gasteiger charge is -2.38. The normalized spacial score (nSPS) is 19.1. The van der Waals surface area contributed by atoms with Gasteiger partial charge in [0.15, 0.2) is 0 Å². The van der Waals surface area contributed by atoms with E-state index in [1.807, 2.05) is 17.0 Å². The Labute approximate surface area is 192 Å². The maximum absolute atomic E-state index is 14.1. The largest absolute Gasteiger partial charge is 0.497 e. The summed E-state index contributed by atoms with van der Waals surface area (Å²) in [7, 11) is 2.88. The molecule has 0 aromatic heterocycles. The third-order valence-electron chi connectivity index (χ3n) is 5.93. The highest BCUT2D eigenvalue weighted by Crippen LogP contribution is 2.30. The first-order valence-corrected chi connectivity index (χ1v) is 10.7. The van der Waals surface area contributed by atoms with Crippen LogP contribution in [0.5, 0.6) is 5.75 Å². The summed E-state index contributed by atoms with van der Waals surface area (Å²) in [4.78, 5) is 29.4. The number of amides is 2. The molecule has 0 radical (unpaired) electrons. The van der Waals surface area contributed by atoms with Gasteiger partial charge in [0.25, 0.3) is 0 Å². The lowest BCUT2D eigenvalue weighted by molar-refractivity contribution is -0.136. The standard InChI is InChI=1S/C24H27FN4O4/c1-32-17-7-5-6-16(14-17)22-21(23(30)33-2)19(26-24(31)27-22)15-28-10-12-29(13-11-28)20-9-4-3-8-18(20)25/h3-9,14,22H,10-13,15H2,1-2H3,(H2,26,27,31)/t22-/m1/s1. The third kappa shape index (κ3) is 4.93. The molecule has 2 aliphatic rings. The molecule has 1 atom stereocenters. The number of hydrogen-bond acceptors (Lipinski definition) is 6. The lowest BCUT2D eigenvalue weighted by Crippen LogP contribution is -2.51. The Kier molecular flexibility index (Phi) is 6.79. The first kappa shape index (κ1) is 22.6. The molecule has 2 amide bonds. The van der Waals surface area contributed by atoms with Crippen LogP contribution in [0.3, 0.4) is 0 Å². The van der Waals surface area contributed by atoms with Gasteiger partial charge in [0.2, 0.25) is 0 Å². The third-order valence-corrected chi connectivity index (χ3v) is 5.93. The van der Waals surface area contributed by atoms with Crippen molar-refractivity contribution < 1.29 is 23.5 Å². The fraction of sp³-hybridized carbons (Fsp3) is 0.333. The maximum Gasteiger partial charge on any atom is 0.338 e. The number of carbonyl (C=O) groups is 2. The second kappa shape index (κ2) is 9.91. The molecule has 1 saturated heterocycles. The number of nitrogens with zero attached hydrogens (tertiary/aromatic N) is 2. The van der Waals surface area contributed by atoms with E-state index in [4.69, 9.17) is 9.47 Å². The molecule has 2 heterocycles. The quantitative estimate of drug-likeness (QED) is 0.653. The van der Waals surface area contributed by atoms with E-state index in [2.05, 4.69) is 15.5 Å². The zero-order valence-electron chi connectivity index (χ0n) is 18.6. The Morgan fingerprint density at radius 3 is 2.55 bits per heavy atom. The van der Waals surface area contributed by atoms with E-state index in [1.165, 1.54) is 13.2 Å². The van der Waals surface area contributed by atoms with Crippen LogP contribution in [0.25, 0.3) is 0 Å². The van der Waals surface area contributed by atoms with E-state index in [1.54, 1.807) is 37.4 Å². The van der Waals surface area contributed by atoms with Gasteiger partial charge in [0.05, 0.1) is 31.5 Å². The van der Waals surface area contributed by atoms with Crippen molar-refractivity contribution in [2.45, 2.75) is 6.04 Å². The Hall–Kier alpha value is -3.59. The van der Waals surface area contributed by atoms with Crippen LogP contribution in [-0.2, 0) is 9.53 Å². The number of piperazine rings is 1. The molecule has 2 aliphatic heterocycles. The van der Waals surface area contributed by atoms with Gasteiger partial charge in [-0.15, -0.1) is 0 Å². The Balaban J connectivity index is 1.56. The molecule has 8 nitrogen and oxygen atoms in total. The van der Waals surface area contributed by atoms with Crippen molar-refractivity contribution in [3.8, 4) is 5.75 Å². The summed E-state index contributed by atoms with van der Waals surface area (Å²) in [5, 5.41) is 5.61. The summed E-state index contributed by atoms with van der Waals surface area (Å²) in [6.07, 6.45) is 0. The molecule has 0 unspecified atom stereocenters. The van der Waals surface area contributed by atoms with E-state index in [0.717, 1.165) is 0 Å². The Morgan fingerprint density at radius 2 is 1.85 bits per heavy atom. The Bertz CT molecular complexity index is 1070. The highest BCUT2D eigenvalue weighted by Gasteiger charge is 2.34. The second-order valence-electron chi connectivity index (χ2n) is 7.91. The summed E-state index contributed by atoms with van der Waals surface area (Å²) in [6, 6.07) is 12.9. The Morgan fingerprint density at radius 1 is 1.09 bits per heavy atom. The van der Waals surface area contributed by atoms with E-state index in [9.17, 15) is 14.0 Å². The number of ether oxygens (including phenoxy) is 2. The van der Waals surface area contributed by atoms with E-state index < -0.39 is 18.0 Å². The molecule has 33 heavy (non-hydrogen) atoms.